The number of halogens is 1. The van der Waals surface area contributed by atoms with Crippen LogP contribution >= 0.6 is 12.3 Å². The van der Waals surface area contributed by atoms with Crippen LogP contribution in [0.1, 0.15) is 29.8 Å². The Labute approximate surface area is 147 Å². The predicted octanol–water partition coefficient (Wildman–Crippen LogP) is 4.50. The monoisotopic (exact) mass is 354 g/mol. The third-order valence-electron chi connectivity index (χ3n) is 4.38. The van der Waals surface area contributed by atoms with Crippen LogP contribution in [-0.4, -0.2) is 24.1 Å². The molecule has 0 bridgehead atoms. The van der Waals surface area contributed by atoms with Crippen molar-refractivity contribution in [3.05, 3.63) is 54.0 Å². The first-order valence-corrected chi connectivity index (χ1v) is 8.59. The minimum absolute atomic E-state index is 0.00414. The van der Waals surface area contributed by atoms with Crippen LogP contribution in [0.5, 0.6) is 0 Å². The zero-order valence-electron chi connectivity index (χ0n) is 13.7. The number of Topliss-reactive ketones (excluding diaryl/α,β-unsaturated/α-hetero) is 1. The number of aryl methyl sites for hydroxylation is 1. The van der Waals surface area contributed by atoms with Crippen LogP contribution in [0.2, 0.25) is 0 Å². The fourth-order valence-corrected chi connectivity index (χ4v) is 3.70. The second-order valence-electron chi connectivity index (χ2n) is 5.76. The van der Waals surface area contributed by atoms with Crippen molar-refractivity contribution < 1.29 is 8.68 Å². The van der Waals surface area contributed by atoms with E-state index in [4.69, 9.17) is 0 Å². The Hall–Kier alpha value is -2.67. The van der Waals surface area contributed by atoms with E-state index in [1.165, 1.54) is 10.9 Å². The lowest BCUT2D eigenvalue weighted by Gasteiger charge is -2.07. The van der Waals surface area contributed by atoms with Crippen LogP contribution < -0.4 is 0 Å². The lowest BCUT2D eigenvalue weighted by Crippen LogP contribution is -1.94. The summed E-state index contributed by atoms with van der Waals surface area (Å²) in [5.41, 5.74) is 5.36. The first-order chi connectivity index (χ1) is 12.2. The second kappa shape index (κ2) is 6.00. The van der Waals surface area contributed by atoms with Crippen LogP contribution in [0.3, 0.4) is 0 Å². The summed E-state index contributed by atoms with van der Waals surface area (Å²) in [5.74, 6) is 0.00414. The number of rotatable bonds is 4. The summed E-state index contributed by atoms with van der Waals surface area (Å²) in [6.07, 6.45) is 5.91. The molecule has 0 unspecified atom stereocenters. The minimum Gasteiger partial charge on any atom is -0.295 e. The highest BCUT2D eigenvalue weighted by atomic mass is 32.2. The third kappa shape index (κ3) is 2.34. The summed E-state index contributed by atoms with van der Waals surface area (Å²) >= 11 is 0.131. The zero-order valence-corrected chi connectivity index (χ0v) is 14.5. The summed E-state index contributed by atoms with van der Waals surface area (Å²) in [6.45, 7) is 3.56. The molecule has 1 aromatic carbocycles. The number of carbonyl (C=O) groups excluding carboxylic acids is 1. The van der Waals surface area contributed by atoms with Crippen molar-refractivity contribution in [2.45, 2.75) is 20.3 Å². The lowest BCUT2D eigenvalue weighted by atomic mass is 10.0. The number of hydrogen-bond acceptors (Lipinski definition) is 4. The Kier molecular flexibility index (Phi) is 3.80. The average molecular weight is 354 g/mol. The van der Waals surface area contributed by atoms with Gasteiger partial charge in [-0.25, -0.2) is 13.9 Å². The summed E-state index contributed by atoms with van der Waals surface area (Å²) in [4.78, 5) is 20.2. The molecule has 0 saturated heterocycles. The van der Waals surface area contributed by atoms with Crippen molar-refractivity contribution in [2.24, 2.45) is 0 Å². The van der Waals surface area contributed by atoms with Gasteiger partial charge in [0.15, 0.2) is 29.4 Å². The van der Waals surface area contributed by atoms with E-state index < -0.39 is 0 Å². The molecule has 126 valence electrons. The Balaban J connectivity index is 2.06. The van der Waals surface area contributed by atoms with E-state index in [2.05, 4.69) is 9.97 Å². The fourth-order valence-electron chi connectivity index (χ4n) is 3.21. The first-order valence-electron chi connectivity index (χ1n) is 7.91. The van der Waals surface area contributed by atoms with Gasteiger partial charge in [0.05, 0.1) is 17.4 Å². The summed E-state index contributed by atoms with van der Waals surface area (Å²) < 4.78 is 17.3. The maximum absolute atomic E-state index is 13.8. The number of aromatic nitrogens is 4. The van der Waals surface area contributed by atoms with Crippen molar-refractivity contribution in [1.29, 1.82) is 0 Å². The van der Waals surface area contributed by atoms with Gasteiger partial charge >= 0.3 is 0 Å². The molecule has 0 saturated carbocycles. The maximum Gasteiger partial charge on any atom is 0.171 e. The molecule has 7 heteroatoms. The quantitative estimate of drug-likeness (QED) is 0.507. The van der Waals surface area contributed by atoms with Crippen molar-refractivity contribution >= 4 is 34.9 Å². The molecule has 0 spiro atoms. The number of carbonyl (C=O) groups is 1. The average Bonchev–Trinajstić information content (AvgIpc) is 3.22. The molecule has 3 aromatic heterocycles. The molecular weight excluding hydrogens is 339 g/mol. The van der Waals surface area contributed by atoms with E-state index in [0.29, 0.717) is 17.6 Å². The molecule has 0 amide bonds. The predicted molar refractivity (Wildman–Crippen MR) is 97.4 cm³/mol. The highest BCUT2D eigenvalue weighted by Crippen LogP contribution is 2.37. The zero-order chi connectivity index (χ0) is 17.6. The van der Waals surface area contributed by atoms with Gasteiger partial charge in [0.1, 0.15) is 0 Å². The molecule has 5 nitrogen and oxygen atoms in total. The molecule has 0 atom stereocenters. The molecule has 25 heavy (non-hydrogen) atoms. The largest absolute Gasteiger partial charge is 0.295 e. The van der Waals surface area contributed by atoms with Gasteiger partial charge in [0, 0.05) is 23.5 Å². The SMILES string of the molecule is CCc1c(-c2ccc(C(C)=O)cc2)n(SF)c2ncc3nccn3c12. The summed E-state index contributed by atoms with van der Waals surface area (Å²) in [5, 5.41) is 0. The summed E-state index contributed by atoms with van der Waals surface area (Å²) in [6, 6.07) is 7.23. The van der Waals surface area contributed by atoms with Gasteiger partial charge in [-0.1, -0.05) is 31.2 Å². The van der Waals surface area contributed by atoms with E-state index in [-0.39, 0.29) is 18.1 Å². The Morgan fingerprint density at radius 1 is 1.24 bits per heavy atom. The van der Waals surface area contributed by atoms with E-state index in [1.54, 1.807) is 24.5 Å². The lowest BCUT2D eigenvalue weighted by molar-refractivity contribution is 0.101. The maximum atomic E-state index is 13.8. The van der Waals surface area contributed by atoms with Gasteiger partial charge < -0.3 is 0 Å². The number of nitrogens with zero attached hydrogens (tertiary/aromatic N) is 4. The number of imidazole rings is 1. The van der Waals surface area contributed by atoms with Gasteiger partial charge in [0.2, 0.25) is 0 Å². The minimum atomic E-state index is 0.00414. The number of hydrogen-bond donors (Lipinski definition) is 0. The van der Waals surface area contributed by atoms with Gasteiger partial charge in [0.25, 0.3) is 0 Å². The smallest absolute Gasteiger partial charge is 0.171 e. The van der Waals surface area contributed by atoms with E-state index in [0.717, 1.165) is 28.0 Å². The van der Waals surface area contributed by atoms with Crippen LogP contribution in [0.4, 0.5) is 3.89 Å². The molecule has 0 aliphatic carbocycles. The molecule has 0 aliphatic rings. The topological polar surface area (TPSA) is 52.2 Å². The van der Waals surface area contributed by atoms with Gasteiger partial charge in [-0.3, -0.25) is 9.20 Å². The Morgan fingerprint density at radius 2 is 2.00 bits per heavy atom. The van der Waals surface area contributed by atoms with E-state index in [1.807, 2.05) is 29.7 Å². The first kappa shape index (κ1) is 15.8. The standard InChI is InChI=1S/C18H15FN4OS/c1-3-14-16(13-6-4-12(5-7-13)11(2)24)23(25-19)18-17(14)22-9-8-20-15(22)10-21-18/h4-10H,3H2,1-2H3. The van der Waals surface area contributed by atoms with Crippen LogP contribution in [0, 0.1) is 0 Å². The van der Waals surface area contributed by atoms with Crippen molar-refractivity contribution in [1.82, 2.24) is 18.3 Å². The number of fused-ring (bicyclic) bond motifs is 3. The van der Waals surface area contributed by atoms with Gasteiger partial charge in [-0.15, -0.1) is 3.89 Å². The van der Waals surface area contributed by atoms with Crippen LogP contribution in [-0.2, 0) is 6.42 Å². The number of benzene rings is 1. The highest BCUT2D eigenvalue weighted by molar-refractivity contribution is 7.93. The van der Waals surface area contributed by atoms with Crippen LogP contribution in [0.15, 0.2) is 42.9 Å². The Bertz CT molecular complexity index is 1100. The highest BCUT2D eigenvalue weighted by Gasteiger charge is 2.22. The number of ketones is 1. The molecule has 0 aliphatic heterocycles. The molecule has 4 aromatic rings. The second-order valence-corrected chi connectivity index (χ2v) is 6.27. The van der Waals surface area contributed by atoms with Crippen LogP contribution in [0.25, 0.3) is 28.1 Å². The normalized spacial score (nSPS) is 11.5. The molecule has 0 radical (unpaired) electrons. The Morgan fingerprint density at radius 3 is 2.64 bits per heavy atom. The van der Waals surface area contributed by atoms with Crippen molar-refractivity contribution in [3.8, 4) is 11.3 Å². The van der Waals surface area contributed by atoms with Crippen molar-refractivity contribution in [3.63, 3.8) is 0 Å². The van der Waals surface area contributed by atoms with E-state index in [9.17, 15) is 8.68 Å². The summed E-state index contributed by atoms with van der Waals surface area (Å²) in [7, 11) is 0. The molecule has 4 rings (SSSR count). The molecular formula is C18H15FN4OS. The molecule has 3 heterocycles. The fraction of sp³-hybridized carbons (Fsp3) is 0.167. The molecule has 0 N–H and O–H groups in total. The van der Waals surface area contributed by atoms with Crippen molar-refractivity contribution in [2.75, 3.05) is 0 Å². The van der Waals surface area contributed by atoms with E-state index >= 15 is 0 Å². The third-order valence-corrected chi connectivity index (χ3v) is 4.87. The molecule has 0 fully saturated rings. The van der Waals surface area contributed by atoms with Gasteiger partial charge in [-0.2, -0.15) is 0 Å². The van der Waals surface area contributed by atoms with Gasteiger partial charge in [-0.05, 0) is 18.9 Å².